The number of nitrogens with two attached hydrogens (primary N) is 1. The summed E-state index contributed by atoms with van der Waals surface area (Å²) in [5, 5.41) is 0.631. The Bertz CT molecular complexity index is 409. The fourth-order valence-corrected chi connectivity index (χ4v) is 1.94. The fraction of sp³-hybridized carbons (Fsp3) is 0.538. The van der Waals surface area contributed by atoms with Crippen LogP contribution >= 0.6 is 11.6 Å². The van der Waals surface area contributed by atoms with E-state index >= 15 is 0 Å². The van der Waals surface area contributed by atoms with E-state index in [0.717, 1.165) is 11.1 Å². The second-order valence-corrected chi connectivity index (χ2v) is 4.92. The quantitative estimate of drug-likeness (QED) is 0.816. The summed E-state index contributed by atoms with van der Waals surface area (Å²) < 4.78 is 40.0. The van der Waals surface area contributed by atoms with Crippen LogP contribution in [0.15, 0.2) is 18.2 Å². The molecule has 2 nitrogen and oxygen atoms in total. The van der Waals surface area contributed by atoms with Crippen LogP contribution in [0.25, 0.3) is 0 Å². The highest BCUT2D eigenvalue weighted by atomic mass is 35.5. The summed E-state index contributed by atoms with van der Waals surface area (Å²) in [5.41, 5.74) is 7.79. The van der Waals surface area contributed by atoms with Gasteiger partial charge in [0.1, 0.15) is 6.61 Å². The first kappa shape index (κ1) is 16.3. The molecule has 0 aliphatic rings. The van der Waals surface area contributed by atoms with Crippen molar-refractivity contribution in [2.24, 2.45) is 5.73 Å². The zero-order valence-corrected chi connectivity index (χ0v) is 11.4. The molecule has 108 valence electrons. The van der Waals surface area contributed by atoms with Crippen molar-refractivity contribution < 1.29 is 17.9 Å². The van der Waals surface area contributed by atoms with Gasteiger partial charge in [0.15, 0.2) is 0 Å². The maximum atomic E-state index is 11.8. The van der Waals surface area contributed by atoms with Crippen LogP contribution in [-0.4, -0.2) is 25.4 Å². The Kier molecular flexibility index (Phi) is 6.10. The van der Waals surface area contributed by atoms with Gasteiger partial charge in [-0.15, -0.1) is 0 Å². The van der Waals surface area contributed by atoms with Crippen molar-refractivity contribution in [2.75, 3.05) is 13.2 Å². The smallest absolute Gasteiger partial charge is 0.372 e. The fourth-order valence-electron chi connectivity index (χ4n) is 1.63. The SMILES string of the molecule is Cc1ccc(CC(N)CCOCC(F)(F)F)c(Cl)c1. The third-order valence-electron chi connectivity index (χ3n) is 2.59. The first-order valence-corrected chi connectivity index (χ1v) is 6.31. The molecule has 1 aromatic rings. The Morgan fingerprint density at radius 3 is 2.63 bits per heavy atom. The summed E-state index contributed by atoms with van der Waals surface area (Å²) in [4.78, 5) is 0. The standard InChI is InChI=1S/C13H17ClF3NO/c1-9-2-3-10(12(14)6-9)7-11(18)4-5-19-8-13(15,16)17/h2-3,6,11H,4-5,7-8,18H2,1H3. The minimum atomic E-state index is -4.29. The van der Waals surface area contributed by atoms with Crippen molar-refractivity contribution in [3.05, 3.63) is 34.3 Å². The monoisotopic (exact) mass is 295 g/mol. The molecule has 0 amide bonds. The highest BCUT2D eigenvalue weighted by Gasteiger charge is 2.27. The second kappa shape index (κ2) is 7.12. The van der Waals surface area contributed by atoms with Crippen molar-refractivity contribution in [3.63, 3.8) is 0 Å². The topological polar surface area (TPSA) is 35.2 Å². The van der Waals surface area contributed by atoms with Crippen molar-refractivity contribution in [3.8, 4) is 0 Å². The largest absolute Gasteiger partial charge is 0.411 e. The molecule has 6 heteroatoms. The lowest BCUT2D eigenvalue weighted by Crippen LogP contribution is -2.26. The van der Waals surface area contributed by atoms with E-state index in [1.165, 1.54) is 0 Å². The number of rotatable bonds is 6. The first-order valence-electron chi connectivity index (χ1n) is 5.93. The molecule has 0 aliphatic heterocycles. The molecule has 0 saturated heterocycles. The molecule has 2 N–H and O–H groups in total. The van der Waals surface area contributed by atoms with Gasteiger partial charge in [0.25, 0.3) is 0 Å². The summed E-state index contributed by atoms with van der Waals surface area (Å²) in [6, 6.07) is 5.37. The molecule has 0 aliphatic carbocycles. The summed E-state index contributed by atoms with van der Waals surface area (Å²) in [6.07, 6.45) is -3.40. The number of aryl methyl sites for hydroxylation is 1. The van der Waals surface area contributed by atoms with Crippen molar-refractivity contribution in [2.45, 2.75) is 32.0 Å². The van der Waals surface area contributed by atoms with Crippen molar-refractivity contribution in [1.82, 2.24) is 0 Å². The molecule has 0 heterocycles. The Balaban J connectivity index is 2.33. The lowest BCUT2D eigenvalue weighted by molar-refractivity contribution is -0.174. The van der Waals surface area contributed by atoms with Gasteiger partial charge in [-0.05, 0) is 37.0 Å². The summed E-state index contributed by atoms with van der Waals surface area (Å²) in [7, 11) is 0. The van der Waals surface area contributed by atoms with Gasteiger partial charge in [-0.3, -0.25) is 0 Å². The van der Waals surface area contributed by atoms with Crippen LogP contribution in [0.3, 0.4) is 0 Å². The van der Waals surface area contributed by atoms with Gasteiger partial charge in [0.05, 0.1) is 0 Å². The Hall–Kier alpha value is -0.780. The third kappa shape index (κ3) is 6.80. The number of halogens is 4. The van der Waals surface area contributed by atoms with Crippen molar-refractivity contribution in [1.29, 1.82) is 0 Å². The van der Waals surface area contributed by atoms with E-state index in [9.17, 15) is 13.2 Å². The number of alkyl halides is 3. The van der Waals surface area contributed by atoms with Gasteiger partial charge in [-0.2, -0.15) is 13.2 Å². The van der Waals surface area contributed by atoms with Crippen LogP contribution < -0.4 is 5.73 Å². The molecule has 0 fully saturated rings. The molecular weight excluding hydrogens is 279 g/mol. The van der Waals surface area contributed by atoms with Crippen LogP contribution in [-0.2, 0) is 11.2 Å². The Labute approximate surface area is 115 Å². The van der Waals surface area contributed by atoms with Gasteiger partial charge in [-0.1, -0.05) is 23.7 Å². The van der Waals surface area contributed by atoms with E-state index in [4.69, 9.17) is 17.3 Å². The van der Waals surface area contributed by atoms with Gasteiger partial charge in [-0.25, -0.2) is 0 Å². The second-order valence-electron chi connectivity index (χ2n) is 4.52. The maximum Gasteiger partial charge on any atom is 0.411 e. The lowest BCUT2D eigenvalue weighted by Gasteiger charge is -2.14. The molecule has 1 aromatic carbocycles. The molecule has 0 spiro atoms. The molecule has 19 heavy (non-hydrogen) atoms. The third-order valence-corrected chi connectivity index (χ3v) is 2.94. The molecule has 1 atom stereocenters. The van der Waals surface area contributed by atoms with Crippen LogP contribution in [0.2, 0.25) is 5.02 Å². The maximum absolute atomic E-state index is 11.8. The normalized spacial score (nSPS) is 13.6. The van der Waals surface area contributed by atoms with Crippen LogP contribution in [0.1, 0.15) is 17.5 Å². The Morgan fingerprint density at radius 2 is 2.05 bits per heavy atom. The average molecular weight is 296 g/mol. The summed E-state index contributed by atoms with van der Waals surface area (Å²) in [5.74, 6) is 0. The van der Waals surface area contributed by atoms with E-state index < -0.39 is 12.8 Å². The van der Waals surface area contributed by atoms with E-state index in [0.29, 0.717) is 17.9 Å². The minimum absolute atomic E-state index is 0.00976. The number of ether oxygens (including phenoxy) is 1. The van der Waals surface area contributed by atoms with Gasteiger partial charge < -0.3 is 10.5 Å². The van der Waals surface area contributed by atoms with E-state index in [1.54, 1.807) is 0 Å². The van der Waals surface area contributed by atoms with Gasteiger partial charge in [0, 0.05) is 17.7 Å². The van der Waals surface area contributed by atoms with Crippen molar-refractivity contribution >= 4 is 11.6 Å². The number of benzene rings is 1. The molecule has 0 aromatic heterocycles. The summed E-state index contributed by atoms with van der Waals surface area (Å²) >= 11 is 6.06. The predicted octanol–water partition coefficient (Wildman–Crippen LogP) is 3.49. The van der Waals surface area contributed by atoms with Crippen LogP contribution in [0.4, 0.5) is 13.2 Å². The summed E-state index contributed by atoms with van der Waals surface area (Å²) in [6.45, 7) is 0.690. The highest BCUT2D eigenvalue weighted by molar-refractivity contribution is 6.31. The van der Waals surface area contributed by atoms with E-state index in [1.807, 2.05) is 25.1 Å². The van der Waals surface area contributed by atoms with E-state index in [2.05, 4.69) is 4.74 Å². The molecule has 0 radical (unpaired) electrons. The van der Waals surface area contributed by atoms with Gasteiger partial charge >= 0.3 is 6.18 Å². The number of hydrogen-bond donors (Lipinski definition) is 1. The lowest BCUT2D eigenvalue weighted by atomic mass is 10.0. The average Bonchev–Trinajstić information content (AvgIpc) is 2.27. The van der Waals surface area contributed by atoms with Crippen LogP contribution in [0, 0.1) is 6.92 Å². The number of hydrogen-bond acceptors (Lipinski definition) is 2. The molecular formula is C13H17ClF3NO. The zero-order valence-electron chi connectivity index (χ0n) is 10.6. The predicted molar refractivity (Wildman–Crippen MR) is 69.4 cm³/mol. The highest BCUT2D eigenvalue weighted by Crippen LogP contribution is 2.19. The molecule has 0 bridgehead atoms. The van der Waals surface area contributed by atoms with E-state index in [-0.39, 0.29) is 12.6 Å². The van der Waals surface area contributed by atoms with Crippen LogP contribution in [0.5, 0.6) is 0 Å². The first-order chi connectivity index (χ1) is 8.78. The minimum Gasteiger partial charge on any atom is -0.372 e. The Morgan fingerprint density at radius 1 is 1.37 bits per heavy atom. The molecule has 1 unspecified atom stereocenters. The molecule has 1 rings (SSSR count). The van der Waals surface area contributed by atoms with Gasteiger partial charge in [0.2, 0.25) is 0 Å². The molecule has 0 saturated carbocycles. The zero-order chi connectivity index (χ0) is 14.5.